The maximum atomic E-state index is 12.2. The fraction of sp³-hybridized carbons (Fsp3) is 0.696. The van der Waals surface area contributed by atoms with E-state index < -0.39 is 0 Å². The van der Waals surface area contributed by atoms with Crippen molar-refractivity contribution in [1.82, 2.24) is 0 Å². The van der Waals surface area contributed by atoms with Crippen molar-refractivity contribution in [2.24, 2.45) is 23.7 Å². The molecule has 0 aromatic carbocycles. The van der Waals surface area contributed by atoms with Crippen molar-refractivity contribution in [3.8, 4) is 0 Å². The Morgan fingerprint density at radius 2 is 2.19 bits per heavy atom. The molecule has 3 rings (SSSR count). The number of ether oxygens (including phenoxy) is 2. The smallest absolute Gasteiger partial charge is 0.308 e. The van der Waals surface area contributed by atoms with E-state index in [9.17, 15) is 9.90 Å². The van der Waals surface area contributed by atoms with Gasteiger partial charge in [-0.05, 0) is 43.1 Å². The summed E-state index contributed by atoms with van der Waals surface area (Å²) in [6, 6.07) is 0. The summed E-state index contributed by atoms with van der Waals surface area (Å²) >= 11 is 0. The molecule has 1 fully saturated rings. The van der Waals surface area contributed by atoms with Gasteiger partial charge in [0.15, 0.2) is 0 Å². The van der Waals surface area contributed by atoms with Crippen LogP contribution in [0.5, 0.6) is 0 Å². The minimum Gasteiger partial charge on any atom is -0.495 e. The van der Waals surface area contributed by atoms with Crippen LogP contribution in [0.15, 0.2) is 36.1 Å². The third kappa shape index (κ3) is 4.84. The second kappa shape index (κ2) is 8.64. The molecule has 0 aromatic heterocycles. The Kier molecular flexibility index (Phi) is 6.46. The Morgan fingerprint density at radius 1 is 1.41 bits per heavy atom. The minimum atomic E-state index is -0.343. The van der Waals surface area contributed by atoms with Crippen LogP contribution < -0.4 is 0 Å². The van der Waals surface area contributed by atoms with E-state index in [0.29, 0.717) is 30.4 Å². The molecule has 0 saturated carbocycles. The normalized spacial score (nSPS) is 36.0. The second-order valence-electron chi connectivity index (χ2n) is 8.77. The van der Waals surface area contributed by atoms with Crippen molar-refractivity contribution in [3.05, 3.63) is 36.1 Å². The SMILES string of the molecule is C=C1CC(O)CC(CCC2C(C)C=CC3=CCCC(OC(=O)C(C)C)C32)O1. The lowest BCUT2D eigenvalue weighted by Crippen LogP contribution is -2.40. The summed E-state index contributed by atoms with van der Waals surface area (Å²) in [7, 11) is 0. The summed E-state index contributed by atoms with van der Waals surface area (Å²) in [5.41, 5.74) is 1.32. The maximum Gasteiger partial charge on any atom is 0.308 e. The molecule has 0 spiro atoms. The molecule has 0 bridgehead atoms. The van der Waals surface area contributed by atoms with Crippen molar-refractivity contribution in [1.29, 1.82) is 0 Å². The molecule has 1 N–H and O–H groups in total. The predicted octanol–water partition coefficient (Wildman–Crippen LogP) is 4.55. The molecule has 150 valence electrons. The van der Waals surface area contributed by atoms with Gasteiger partial charge in [0.05, 0.1) is 17.8 Å². The fourth-order valence-electron chi connectivity index (χ4n) is 4.78. The van der Waals surface area contributed by atoms with Crippen molar-refractivity contribution in [2.75, 3.05) is 0 Å². The van der Waals surface area contributed by atoms with Gasteiger partial charge < -0.3 is 14.6 Å². The van der Waals surface area contributed by atoms with Crippen molar-refractivity contribution < 1.29 is 19.4 Å². The number of fused-ring (bicyclic) bond motifs is 1. The highest BCUT2D eigenvalue weighted by molar-refractivity contribution is 5.71. The Balaban J connectivity index is 1.70. The number of aliphatic hydroxyl groups is 1. The van der Waals surface area contributed by atoms with Crippen LogP contribution >= 0.6 is 0 Å². The van der Waals surface area contributed by atoms with Crippen molar-refractivity contribution in [2.45, 2.75) is 77.6 Å². The van der Waals surface area contributed by atoms with E-state index in [0.717, 1.165) is 25.7 Å². The first-order valence-corrected chi connectivity index (χ1v) is 10.5. The number of carbonyl (C=O) groups excluding carboxylic acids is 1. The monoisotopic (exact) mass is 374 g/mol. The van der Waals surface area contributed by atoms with Crippen LogP contribution in [0.2, 0.25) is 0 Å². The van der Waals surface area contributed by atoms with Gasteiger partial charge in [0.2, 0.25) is 0 Å². The van der Waals surface area contributed by atoms with Gasteiger partial charge in [-0.25, -0.2) is 0 Å². The highest BCUT2D eigenvalue weighted by Gasteiger charge is 2.40. The maximum absolute atomic E-state index is 12.2. The number of esters is 1. The fourth-order valence-corrected chi connectivity index (χ4v) is 4.78. The average molecular weight is 375 g/mol. The zero-order chi connectivity index (χ0) is 19.6. The van der Waals surface area contributed by atoms with Gasteiger partial charge in [0, 0.05) is 18.8 Å². The molecule has 6 atom stereocenters. The van der Waals surface area contributed by atoms with Gasteiger partial charge in [-0.1, -0.05) is 45.6 Å². The van der Waals surface area contributed by atoms with E-state index in [1.807, 2.05) is 13.8 Å². The lowest BCUT2D eigenvalue weighted by molar-refractivity contribution is -0.157. The van der Waals surface area contributed by atoms with Crippen molar-refractivity contribution >= 4 is 5.97 Å². The van der Waals surface area contributed by atoms with E-state index in [2.05, 4.69) is 31.7 Å². The zero-order valence-corrected chi connectivity index (χ0v) is 16.9. The summed E-state index contributed by atoms with van der Waals surface area (Å²) in [5, 5.41) is 10.0. The first-order valence-electron chi connectivity index (χ1n) is 10.5. The van der Waals surface area contributed by atoms with Gasteiger partial charge in [0.25, 0.3) is 0 Å². The van der Waals surface area contributed by atoms with Crippen LogP contribution in [0.3, 0.4) is 0 Å². The van der Waals surface area contributed by atoms with Crippen molar-refractivity contribution in [3.63, 3.8) is 0 Å². The Morgan fingerprint density at radius 3 is 2.89 bits per heavy atom. The third-order valence-corrected chi connectivity index (χ3v) is 6.24. The van der Waals surface area contributed by atoms with Gasteiger partial charge >= 0.3 is 5.97 Å². The molecule has 27 heavy (non-hydrogen) atoms. The number of hydrogen-bond acceptors (Lipinski definition) is 4. The number of aliphatic hydroxyl groups excluding tert-OH is 1. The van der Waals surface area contributed by atoms with E-state index in [1.54, 1.807) is 0 Å². The lowest BCUT2D eigenvalue weighted by atomic mass is 9.66. The first-order chi connectivity index (χ1) is 12.8. The van der Waals surface area contributed by atoms with Gasteiger partial charge in [-0.2, -0.15) is 0 Å². The quantitative estimate of drug-likeness (QED) is 0.718. The minimum absolute atomic E-state index is 0.0343. The molecule has 2 aliphatic carbocycles. The molecular formula is C23H34O4. The highest BCUT2D eigenvalue weighted by atomic mass is 16.5. The van der Waals surface area contributed by atoms with Crippen LogP contribution in [0, 0.1) is 23.7 Å². The molecular weight excluding hydrogens is 340 g/mol. The second-order valence-corrected chi connectivity index (χ2v) is 8.77. The van der Waals surface area contributed by atoms with Crippen LogP contribution in [-0.2, 0) is 14.3 Å². The summed E-state index contributed by atoms with van der Waals surface area (Å²) in [5.74, 6) is 1.61. The first kappa shape index (κ1) is 20.2. The molecule has 3 aliphatic rings. The highest BCUT2D eigenvalue weighted by Crippen LogP contribution is 2.44. The summed E-state index contributed by atoms with van der Waals surface area (Å²) in [6.45, 7) is 9.93. The van der Waals surface area contributed by atoms with Gasteiger partial charge in [0.1, 0.15) is 12.2 Å². The van der Waals surface area contributed by atoms with E-state index in [1.165, 1.54) is 5.57 Å². The molecule has 4 nitrogen and oxygen atoms in total. The largest absolute Gasteiger partial charge is 0.495 e. The molecule has 0 radical (unpaired) electrons. The van der Waals surface area contributed by atoms with Crippen LogP contribution in [-0.4, -0.2) is 29.4 Å². The molecule has 4 heteroatoms. The Hall–Kier alpha value is -1.55. The van der Waals surface area contributed by atoms with E-state index in [4.69, 9.17) is 9.47 Å². The predicted molar refractivity (Wildman–Crippen MR) is 106 cm³/mol. The van der Waals surface area contributed by atoms with Crippen LogP contribution in [0.4, 0.5) is 0 Å². The standard InChI is InChI=1S/C23H34O4/c1-14(2)23(25)27-21-7-5-6-17-9-8-15(3)20(22(17)21)11-10-19-13-18(24)12-16(4)26-19/h6,8-9,14-15,18-22,24H,4-5,7,10-13H2,1-3H3. The molecule has 0 aromatic rings. The Bertz CT molecular complexity index is 618. The van der Waals surface area contributed by atoms with E-state index >= 15 is 0 Å². The summed E-state index contributed by atoms with van der Waals surface area (Å²) in [4.78, 5) is 12.2. The summed E-state index contributed by atoms with van der Waals surface area (Å²) < 4.78 is 11.8. The van der Waals surface area contributed by atoms with Crippen LogP contribution in [0.25, 0.3) is 0 Å². The topological polar surface area (TPSA) is 55.8 Å². The third-order valence-electron chi connectivity index (χ3n) is 6.24. The molecule has 1 aliphatic heterocycles. The lowest BCUT2D eigenvalue weighted by Gasteiger charge is -2.42. The van der Waals surface area contributed by atoms with E-state index in [-0.39, 0.29) is 36.1 Å². The Labute approximate surface area is 163 Å². The number of allylic oxidation sites excluding steroid dienone is 3. The molecule has 6 unspecified atom stereocenters. The number of carbonyl (C=O) groups is 1. The number of hydrogen-bond donors (Lipinski definition) is 1. The number of rotatable bonds is 5. The molecule has 0 amide bonds. The molecule has 1 heterocycles. The van der Waals surface area contributed by atoms with Gasteiger partial charge in [-0.3, -0.25) is 4.79 Å². The zero-order valence-electron chi connectivity index (χ0n) is 16.9. The average Bonchev–Trinajstić information content (AvgIpc) is 2.60. The summed E-state index contributed by atoms with van der Waals surface area (Å²) in [6.07, 6.45) is 11.5. The van der Waals surface area contributed by atoms with Gasteiger partial charge in [-0.15, -0.1) is 0 Å². The molecule has 1 saturated heterocycles. The van der Waals surface area contributed by atoms with Crippen LogP contribution in [0.1, 0.15) is 59.3 Å².